The Bertz CT molecular complexity index is 1070. The number of rotatable bonds is 4. The highest BCUT2D eigenvalue weighted by molar-refractivity contribution is 5.60. The van der Waals surface area contributed by atoms with Gasteiger partial charge >= 0.3 is 0 Å². The third-order valence-corrected chi connectivity index (χ3v) is 4.86. The van der Waals surface area contributed by atoms with Crippen LogP contribution in [0.15, 0.2) is 54.9 Å². The molecular formula is C20H20N8. The average molecular weight is 372 g/mol. The van der Waals surface area contributed by atoms with Crippen LogP contribution in [0.1, 0.15) is 19.3 Å². The maximum absolute atomic E-state index is 4.62. The molecule has 0 aliphatic carbocycles. The maximum atomic E-state index is 4.62. The summed E-state index contributed by atoms with van der Waals surface area (Å²) in [5, 5.41) is 16.3. The fourth-order valence-corrected chi connectivity index (χ4v) is 3.43. The number of pyridine rings is 2. The number of hydrogen-bond acceptors (Lipinski definition) is 7. The van der Waals surface area contributed by atoms with Crippen molar-refractivity contribution >= 4 is 23.0 Å². The molecule has 8 nitrogen and oxygen atoms in total. The van der Waals surface area contributed by atoms with E-state index in [1.807, 2.05) is 42.6 Å². The molecule has 1 fully saturated rings. The first-order valence-electron chi connectivity index (χ1n) is 9.49. The second kappa shape index (κ2) is 7.22. The minimum Gasteiger partial charge on any atom is -0.357 e. The van der Waals surface area contributed by atoms with E-state index in [-0.39, 0.29) is 0 Å². The Morgan fingerprint density at radius 1 is 0.857 bits per heavy atom. The molecule has 0 amide bonds. The number of anilines is 3. The van der Waals surface area contributed by atoms with Crippen molar-refractivity contribution in [3.05, 3.63) is 54.9 Å². The van der Waals surface area contributed by atoms with E-state index in [2.05, 4.69) is 41.5 Å². The van der Waals surface area contributed by atoms with Gasteiger partial charge in [-0.1, -0.05) is 6.07 Å². The van der Waals surface area contributed by atoms with Crippen LogP contribution in [0.25, 0.3) is 17.2 Å². The summed E-state index contributed by atoms with van der Waals surface area (Å²) < 4.78 is 1.69. The molecule has 0 saturated carbocycles. The van der Waals surface area contributed by atoms with Crippen LogP contribution in [0.4, 0.5) is 17.3 Å². The molecule has 1 saturated heterocycles. The average Bonchev–Trinajstić information content (AvgIpc) is 3.19. The molecule has 4 aromatic rings. The number of hydrogen-bond donors (Lipinski definition) is 1. The van der Waals surface area contributed by atoms with Crippen LogP contribution in [0, 0.1) is 0 Å². The highest BCUT2D eigenvalue weighted by Crippen LogP contribution is 2.21. The van der Waals surface area contributed by atoms with Gasteiger partial charge in [0.05, 0.1) is 11.9 Å². The number of piperidine rings is 1. The van der Waals surface area contributed by atoms with E-state index in [1.54, 1.807) is 10.7 Å². The molecule has 0 spiro atoms. The molecule has 0 atom stereocenters. The summed E-state index contributed by atoms with van der Waals surface area (Å²) in [5.74, 6) is 2.33. The van der Waals surface area contributed by atoms with Gasteiger partial charge in [-0.3, -0.25) is 4.98 Å². The van der Waals surface area contributed by atoms with E-state index >= 15 is 0 Å². The Balaban J connectivity index is 1.39. The first kappa shape index (κ1) is 16.6. The lowest BCUT2D eigenvalue weighted by molar-refractivity contribution is 0.573. The van der Waals surface area contributed by atoms with Crippen LogP contribution in [0.5, 0.6) is 0 Å². The van der Waals surface area contributed by atoms with Gasteiger partial charge < -0.3 is 10.2 Å². The number of nitrogens with zero attached hydrogens (tertiary/aromatic N) is 7. The zero-order valence-electron chi connectivity index (χ0n) is 15.4. The Hall–Kier alpha value is -3.55. The minimum atomic E-state index is 0.609. The molecular weight excluding hydrogens is 352 g/mol. The second-order valence-corrected chi connectivity index (χ2v) is 6.80. The molecule has 5 rings (SSSR count). The van der Waals surface area contributed by atoms with Gasteiger partial charge in [0.1, 0.15) is 11.5 Å². The van der Waals surface area contributed by atoms with E-state index in [4.69, 9.17) is 0 Å². The highest BCUT2D eigenvalue weighted by atomic mass is 15.4. The number of nitrogens with one attached hydrogen (secondary N) is 1. The predicted molar refractivity (Wildman–Crippen MR) is 108 cm³/mol. The largest absolute Gasteiger partial charge is 0.357 e. The lowest BCUT2D eigenvalue weighted by atomic mass is 10.1. The topological polar surface area (TPSA) is 84.1 Å². The molecule has 8 heteroatoms. The van der Waals surface area contributed by atoms with Gasteiger partial charge in [0.2, 0.25) is 5.82 Å². The quantitative estimate of drug-likeness (QED) is 0.588. The molecule has 0 unspecified atom stereocenters. The van der Waals surface area contributed by atoms with Crippen molar-refractivity contribution in [2.45, 2.75) is 19.3 Å². The summed E-state index contributed by atoms with van der Waals surface area (Å²) in [5.41, 5.74) is 2.29. The third-order valence-electron chi connectivity index (χ3n) is 4.86. The summed E-state index contributed by atoms with van der Waals surface area (Å²) >= 11 is 0. The van der Waals surface area contributed by atoms with Crippen LogP contribution in [0.3, 0.4) is 0 Å². The Labute approximate surface area is 162 Å². The van der Waals surface area contributed by atoms with Crippen LogP contribution >= 0.6 is 0 Å². The van der Waals surface area contributed by atoms with Crippen LogP contribution in [-0.2, 0) is 0 Å². The van der Waals surface area contributed by atoms with Gasteiger partial charge in [-0.05, 0) is 55.7 Å². The molecule has 28 heavy (non-hydrogen) atoms. The second-order valence-electron chi connectivity index (χ2n) is 6.80. The normalized spacial score (nSPS) is 14.4. The summed E-state index contributed by atoms with van der Waals surface area (Å²) in [4.78, 5) is 11.3. The van der Waals surface area contributed by atoms with Crippen LogP contribution < -0.4 is 10.2 Å². The molecule has 1 N–H and O–H groups in total. The number of fused-ring (bicyclic) bond motifs is 1. The van der Waals surface area contributed by atoms with E-state index in [9.17, 15) is 0 Å². The minimum absolute atomic E-state index is 0.609. The molecule has 4 aromatic heterocycles. The van der Waals surface area contributed by atoms with E-state index in [1.165, 1.54) is 19.3 Å². The fourth-order valence-electron chi connectivity index (χ4n) is 3.43. The summed E-state index contributed by atoms with van der Waals surface area (Å²) in [6, 6.07) is 13.5. The van der Waals surface area contributed by atoms with Crippen LogP contribution in [0.2, 0.25) is 0 Å². The number of aromatic nitrogens is 6. The van der Waals surface area contributed by atoms with Crippen molar-refractivity contribution < 1.29 is 0 Å². The van der Waals surface area contributed by atoms with Crippen molar-refractivity contribution in [1.82, 2.24) is 29.8 Å². The van der Waals surface area contributed by atoms with Crippen molar-refractivity contribution in [1.29, 1.82) is 0 Å². The Kier molecular flexibility index (Phi) is 4.29. The predicted octanol–water partition coefficient (Wildman–Crippen LogP) is 3.32. The molecule has 5 heterocycles. The van der Waals surface area contributed by atoms with Gasteiger partial charge in [0.25, 0.3) is 0 Å². The van der Waals surface area contributed by atoms with Gasteiger partial charge in [-0.15, -0.1) is 15.3 Å². The molecule has 1 aliphatic rings. The van der Waals surface area contributed by atoms with Crippen LogP contribution in [-0.4, -0.2) is 42.9 Å². The summed E-state index contributed by atoms with van der Waals surface area (Å²) in [7, 11) is 0. The molecule has 0 bridgehead atoms. The van der Waals surface area contributed by atoms with Crippen molar-refractivity contribution in [2.75, 3.05) is 23.3 Å². The fraction of sp³-hybridized carbons (Fsp3) is 0.250. The van der Waals surface area contributed by atoms with Gasteiger partial charge in [0, 0.05) is 19.3 Å². The summed E-state index contributed by atoms with van der Waals surface area (Å²) in [6.07, 6.45) is 7.37. The monoisotopic (exact) mass is 372 g/mol. The molecule has 0 radical (unpaired) electrons. The molecule has 1 aliphatic heterocycles. The maximum Gasteiger partial charge on any atom is 0.203 e. The standard InChI is InChI=1S/C20H20N8/c1-4-12-27(13-5-1)18-9-7-15(14-22-18)23-17-8-10-19-24-25-20(28(19)26-17)16-6-2-3-11-21-16/h2-3,6-11,14H,1,4-5,12-13H2,(H,23,26). The first-order valence-corrected chi connectivity index (χ1v) is 9.49. The molecule has 0 aromatic carbocycles. The summed E-state index contributed by atoms with van der Waals surface area (Å²) in [6.45, 7) is 2.17. The zero-order chi connectivity index (χ0) is 18.8. The van der Waals surface area contributed by atoms with E-state index in [0.717, 1.165) is 30.3 Å². The van der Waals surface area contributed by atoms with E-state index < -0.39 is 0 Å². The van der Waals surface area contributed by atoms with Crippen molar-refractivity contribution in [2.24, 2.45) is 0 Å². The van der Waals surface area contributed by atoms with Gasteiger partial charge in [0.15, 0.2) is 11.5 Å². The van der Waals surface area contributed by atoms with Gasteiger partial charge in [-0.2, -0.15) is 4.52 Å². The Morgan fingerprint density at radius 3 is 2.57 bits per heavy atom. The lowest BCUT2D eigenvalue weighted by Gasteiger charge is -2.27. The van der Waals surface area contributed by atoms with Crippen molar-refractivity contribution in [3.8, 4) is 11.5 Å². The van der Waals surface area contributed by atoms with Gasteiger partial charge in [-0.25, -0.2) is 4.98 Å². The first-order chi connectivity index (χ1) is 13.9. The van der Waals surface area contributed by atoms with E-state index in [0.29, 0.717) is 17.3 Å². The molecule has 140 valence electrons. The SMILES string of the molecule is c1ccc(-c2nnc3ccc(Nc4ccc(N5CCCCC5)nc4)nn23)nc1. The smallest absolute Gasteiger partial charge is 0.203 e. The third kappa shape index (κ3) is 3.24. The Morgan fingerprint density at radius 2 is 1.79 bits per heavy atom. The zero-order valence-corrected chi connectivity index (χ0v) is 15.4. The highest BCUT2D eigenvalue weighted by Gasteiger charge is 2.13. The van der Waals surface area contributed by atoms with Crippen molar-refractivity contribution in [3.63, 3.8) is 0 Å². The lowest BCUT2D eigenvalue weighted by Crippen LogP contribution is -2.29.